The molecule has 0 fully saturated rings. The molecule has 0 aromatic carbocycles. The lowest BCUT2D eigenvalue weighted by molar-refractivity contribution is 0.0000532. The van der Waals surface area contributed by atoms with Crippen LogP contribution in [0.4, 0.5) is 0 Å². The third kappa shape index (κ3) is 7.85. The van der Waals surface area contributed by atoms with Gasteiger partial charge in [-0.05, 0) is 32.6 Å². The van der Waals surface area contributed by atoms with E-state index >= 15 is 0 Å². The fraction of sp³-hybridized carbons (Fsp3) is 0.846. The largest absolute Gasteiger partial charge is 0.389 e. The number of aliphatic hydroxyl groups is 2. The van der Waals surface area contributed by atoms with Gasteiger partial charge in [0.1, 0.15) is 6.23 Å². The first-order valence-electron chi connectivity index (χ1n) is 6.34. The van der Waals surface area contributed by atoms with E-state index in [4.69, 9.17) is 0 Å². The minimum atomic E-state index is -0.809. The molecule has 0 radical (unpaired) electrons. The molecule has 3 N–H and O–H groups in total. The molecule has 0 rings (SSSR count). The van der Waals surface area contributed by atoms with Crippen LogP contribution in [0.15, 0.2) is 12.7 Å². The summed E-state index contributed by atoms with van der Waals surface area (Å²) in [7, 11) is 0. The second-order valence-electron chi connectivity index (χ2n) is 4.41. The molecule has 3 atom stereocenters. The first-order chi connectivity index (χ1) is 7.61. The summed E-state index contributed by atoms with van der Waals surface area (Å²) < 4.78 is 0. The maximum Gasteiger partial charge on any atom is 0.131 e. The number of rotatable bonds is 10. The van der Waals surface area contributed by atoms with Crippen molar-refractivity contribution in [1.82, 2.24) is 5.32 Å². The molecule has 0 aromatic rings. The zero-order valence-corrected chi connectivity index (χ0v) is 10.7. The number of allylic oxidation sites excluding steroid dienone is 1. The molecular weight excluding hydrogens is 202 g/mol. The summed E-state index contributed by atoms with van der Waals surface area (Å²) in [5.74, 6) is 0. The van der Waals surface area contributed by atoms with Crippen LogP contribution in [0.25, 0.3) is 0 Å². The topological polar surface area (TPSA) is 52.5 Å². The second-order valence-corrected chi connectivity index (χ2v) is 4.41. The van der Waals surface area contributed by atoms with Crippen LogP contribution in [-0.4, -0.2) is 28.6 Å². The minimum absolute atomic E-state index is 0.305. The van der Waals surface area contributed by atoms with Crippen LogP contribution in [0.2, 0.25) is 0 Å². The SMILES string of the molecule is C=CCCCCC(CCC)NC(O)C(C)O. The summed E-state index contributed by atoms with van der Waals surface area (Å²) in [5, 5.41) is 21.8. The van der Waals surface area contributed by atoms with Crippen molar-refractivity contribution in [3.63, 3.8) is 0 Å². The molecule has 0 heterocycles. The van der Waals surface area contributed by atoms with E-state index in [9.17, 15) is 10.2 Å². The quantitative estimate of drug-likeness (QED) is 0.306. The summed E-state index contributed by atoms with van der Waals surface area (Å²) in [4.78, 5) is 0. The first-order valence-corrected chi connectivity index (χ1v) is 6.34. The van der Waals surface area contributed by atoms with Crippen molar-refractivity contribution in [2.24, 2.45) is 0 Å². The highest BCUT2D eigenvalue weighted by atomic mass is 16.3. The molecule has 0 aliphatic heterocycles. The van der Waals surface area contributed by atoms with Crippen LogP contribution in [0.3, 0.4) is 0 Å². The lowest BCUT2D eigenvalue weighted by Crippen LogP contribution is -2.44. The van der Waals surface area contributed by atoms with E-state index in [1.54, 1.807) is 6.92 Å². The average Bonchev–Trinajstić information content (AvgIpc) is 2.24. The number of hydrogen-bond donors (Lipinski definition) is 3. The molecule has 0 spiro atoms. The van der Waals surface area contributed by atoms with Crippen LogP contribution in [-0.2, 0) is 0 Å². The normalized spacial score (nSPS) is 16.8. The van der Waals surface area contributed by atoms with Gasteiger partial charge in [0.2, 0.25) is 0 Å². The summed E-state index contributed by atoms with van der Waals surface area (Å²) in [6.07, 6.45) is 6.93. The van der Waals surface area contributed by atoms with Gasteiger partial charge in [-0.25, -0.2) is 0 Å². The molecule has 16 heavy (non-hydrogen) atoms. The highest BCUT2D eigenvalue weighted by molar-refractivity contribution is 4.72. The Balaban J connectivity index is 3.82. The van der Waals surface area contributed by atoms with Crippen molar-refractivity contribution in [1.29, 1.82) is 0 Å². The smallest absolute Gasteiger partial charge is 0.131 e. The van der Waals surface area contributed by atoms with E-state index in [1.807, 2.05) is 6.08 Å². The fourth-order valence-electron chi connectivity index (χ4n) is 1.72. The van der Waals surface area contributed by atoms with Crippen LogP contribution in [0.5, 0.6) is 0 Å². The van der Waals surface area contributed by atoms with E-state index in [-0.39, 0.29) is 0 Å². The van der Waals surface area contributed by atoms with Gasteiger partial charge in [0.25, 0.3) is 0 Å². The Hall–Kier alpha value is -0.380. The van der Waals surface area contributed by atoms with Crippen LogP contribution in [0.1, 0.15) is 52.4 Å². The minimum Gasteiger partial charge on any atom is -0.389 e. The molecule has 0 aliphatic carbocycles. The standard InChI is InChI=1S/C13H27NO2/c1-4-6-7-8-10-12(9-5-2)14-13(16)11(3)15/h4,11-16H,1,5-10H2,2-3H3. The van der Waals surface area contributed by atoms with E-state index in [0.717, 1.165) is 38.5 Å². The molecule has 3 nitrogen and oxygen atoms in total. The number of aliphatic hydroxyl groups excluding tert-OH is 2. The summed E-state index contributed by atoms with van der Waals surface area (Å²) in [6, 6.07) is 0.305. The van der Waals surface area contributed by atoms with Crippen molar-refractivity contribution in [3.8, 4) is 0 Å². The molecule has 0 aromatic heterocycles. The third-order valence-electron chi connectivity index (χ3n) is 2.71. The lowest BCUT2D eigenvalue weighted by Gasteiger charge is -2.23. The van der Waals surface area contributed by atoms with Gasteiger partial charge in [0.15, 0.2) is 0 Å². The molecule has 3 unspecified atom stereocenters. The van der Waals surface area contributed by atoms with Crippen LogP contribution in [0, 0.1) is 0 Å². The van der Waals surface area contributed by atoms with Crippen molar-refractivity contribution in [2.75, 3.05) is 0 Å². The van der Waals surface area contributed by atoms with Crippen molar-refractivity contribution in [3.05, 3.63) is 12.7 Å². The molecule has 0 saturated heterocycles. The van der Waals surface area contributed by atoms with E-state index < -0.39 is 12.3 Å². The predicted octanol–water partition coefficient (Wildman–Crippen LogP) is 2.19. The lowest BCUT2D eigenvalue weighted by atomic mass is 10.0. The van der Waals surface area contributed by atoms with Gasteiger partial charge in [-0.1, -0.05) is 25.8 Å². The van der Waals surface area contributed by atoms with Gasteiger partial charge in [-0.3, -0.25) is 5.32 Å². The maximum atomic E-state index is 9.55. The summed E-state index contributed by atoms with van der Waals surface area (Å²) >= 11 is 0. The predicted molar refractivity (Wildman–Crippen MR) is 68.2 cm³/mol. The Morgan fingerprint density at radius 2 is 1.94 bits per heavy atom. The van der Waals surface area contributed by atoms with Crippen molar-refractivity contribution in [2.45, 2.75) is 70.7 Å². The first kappa shape index (κ1) is 15.6. The number of hydrogen-bond acceptors (Lipinski definition) is 3. The van der Waals surface area contributed by atoms with Gasteiger partial charge >= 0.3 is 0 Å². The summed E-state index contributed by atoms with van der Waals surface area (Å²) in [6.45, 7) is 7.42. The molecule has 3 heteroatoms. The molecular formula is C13H27NO2. The Morgan fingerprint density at radius 3 is 2.44 bits per heavy atom. The van der Waals surface area contributed by atoms with Crippen LogP contribution >= 0.6 is 0 Å². The Morgan fingerprint density at radius 1 is 1.25 bits per heavy atom. The molecule has 96 valence electrons. The second kappa shape index (κ2) is 9.82. The van der Waals surface area contributed by atoms with Gasteiger partial charge in [0.05, 0.1) is 6.10 Å². The van der Waals surface area contributed by atoms with Crippen LogP contribution < -0.4 is 5.32 Å². The van der Waals surface area contributed by atoms with Gasteiger partial charge in [-0.2, -0.15) is 0 Å². The number of nitrogens with one attached hydrogen (secondary N) is 1. The Bertz CT molecular complexity index is 171. The highest BCUT2D eigenvalue weighted by Crippen LogP contribution is 2.10. The summed E-state index contributed by atoms with van der Waals surface area (Å²) in [5.41, 5.74) is 0. The molecule has 0 amide bonds. The Labute approximate surface area is 99.6 Å². The van der Waals surface area contributed by atoms with E-state index in [0.29, 0.717) is 6.04 Å². The average molecular weight is 229 g/mol. The fourth-order valence-corrected chi connectivity index (χ4v) is 1.72. The Kier molecular flexibility index (Phi) is 9.59. The van der Waals surface area contributed by atoms with Gasteiger partial charge in [0, 0.05) is 6.04 Å². The monoisotopic (exact) mass is 229 g/mol. The maximum absolute atomic E-state index is 9.55. The zero-order valence-electron chi connectivity index (χ0n) is 10.7. The van der Waals surface area contributed by atoms with Crippen molar-refractivity contribution >= 4 is 0 Å². The third-order valence-corrected chi connectivity index (χ3v) is 2.71. The molecule has 0 bridgehead atoms. The zero-order chi connectivity index (χ0) is 12.4. The molecule has 0 saturated carbocycles. The number of unbranched alkanes of at least 4 members (excludes halogenated alkanes) is 2. The van der Waals surface area contributed by atoms with Gasteiger partial charge < -0.3 is 10.2 Å². The van der Waals surface area contributed by atoms with Crippen molar-refractivity contribution < 1.29 is 10.2 Å². The van der Waals surface area contributed by atoms with E-state index in [1.165, 1.54) is 0 Å². The van der Waals surface area contributed by atoms with Gasteiger partial charge in [-0.15, -0.1) is 6.58 Å². The van der Waals surface area contributed by atoms with E-state index in [2.05, 4.69) is 18.8 Å². The molecule has 0 aliphatic rings. The highest BCUT2D eigenvalue weighted by Gasteiger charge is 2.15.